The minimum atomic E-state index is -1.06. The fourth-order valence-corrected chi connectivity index (χ4v) is 3.41. The molecule has 29 heavy (non-hydrogen) atoms. The number of nitrogens with one attached hydrogen (secondary N) is 1. The lowest BCUT2D eigenvalue weighted by molar-refractivity contribution is 0.380. The van der Waals surface area contributed by atoms with Gasteiger partial charge in [0.05, 0.1) is 24.2 Å². The van der Waals surface area contributed by atoms with Crippen LogP contribution in [0.4, 0.5) is 4.39 Å². The Hall–Kier alpha value is -3.23. The molecule has 8 heteroatoms. The van der Waals surface area contributed by atoms with E-state index in [2.05, 4.69) is 15.0 Å². The summed E-state index contributed by atoms with van der Waals surface area (Å²) < 4.78 is 30.2. The standard InChI is InChI=1S/C21H17FN4O2S/c1-28-21-23-12-11-17(24-21)19-18(13-3-7-15(22)8-4-13)25-20(26-19)14-5-9-16(10-6-14)29(2)27/h3-12H,1-2H3,(H,25,26). The number of ether oxygens (including phenoxy) is 1. The minimum Gasteiger partial charge on any atom is -0.612 e. The molecule has 2 heterocycles. The summed E-state index contributed by atoms with van der Waals surface area (Å²) in [5, 5.41) is 0. The summed E-state index contributed by atoms with van der Waals surface area (Å²) in [5.41, 5.74) is 3.46. The third-order valence-electron chi connectivity index (χ3n) is 4.35. The largest absolute Gasteiger partial charge is 0.612 e. The van der Waals surface area contributed by atoms with Crippen molar-refractivity contribution in [3.8, 4) is 40.0 Å². The highest BCUT2D eigenvalue weighted by Gasteiger charge is 2.17. The minimum absolute atomic E-state index is 0.235. The highest BCUT2D eigenvalue weighted by atomic mass is 32.2. The van der Waals surface area contributed by atoms with E-state index in [0.29, 0.717) is 22.9 Å². The number of hydrogen-bond acceptors (Lipinski definition) is 5. The highest BCUT2D eigenvalue weighted by Crippen LogP contribution is 2.33. The molecule has 0 aliphatic heterocycles. The zero-order valence-corrected chi connectivity index (χ0v) is 16.5. The van der Waals surface area contributed by atoms with Crippen molar-refractivity contribution >= 4 is 11.2 Å². The van der Waals surface area contributed by atoms with E-state index in [1.54, 1.807) is 42.8 Å². The highest BCUT2D eigenvalue weighted by molar-refractivity contribution is 7.90. The SMILES string of the molecule is COc1nccc(-c2[nH]c(-c3ccc([S+](C)[O-])cc3)nc2-c2ccc(F)cc2)n1. The second kappa shape index (κ2) is 8.02. The number of aromatic amines is 1. The third kappa shape index (κ3) is 3.98. The number of methoxy groups -OCH3 is 1. The van der Waals surface area contributed by atoms with Crippen molar-refractivity contribution < 1.29 is 13.7 Å². The van der Waals surface area contributed by atoms with Crippen LogP contribution in [0.5, 0.6) is 6.01 Å². The Morgan fingerprint density at radius 1 is 0.966 bits per heavy atom. The van der Waals surface area contributed by atoms with Gasteiger partial charge in [0, 0.05) is 17.3 Å². The lowest BCUT2D eigenvalue weighted by Gasteiger charge is -2.04. The second-order valence-corrected chi connectivity index (χ2v) is 7.60. The molecule has 6 nitrogen and oxygen atoms in total. The van der Waals surface area contributed by atoms with E-state index in [0.717, 1.165) is 16.0 Å². The molecule has 2 aromatic heterocycles. The number of nitrogens with zero attached hydrogens (tertiary/aromatic N) is 3. The number of benzene rings is 2. The molecule has 2 aromatic carbocycles. The fraction of sp³-hybridized carbons (Fsp3) is 0.0952. The van der Waals surface area contributed by atoms with E-state index in [-0.39, 0.29) is 11.8 Å². The van der Waals surface area contributed by atoms with Gasteiger partial charge in [-0.05, 0) is 65.8 Å². The molecular formula is C21H17FN4O2S. The molecule has 0 saturated carbocycles. The van der Waals surface area contributed by atoms with Crippen LogP contribution in [0.3, 0.4) is 0 Å². The molecule has 4 aromatic rings. The first-order chi connectivity index (χ1) is 14.0. The topological polar surface area (TPSA) is 86.8 Å². The van der Waals surface area contributed by atoms with Crippen LogP contribution >= 0.6 is 0 Å². The summed E-state index contributed by atoms with van der Waals surface area (Å²) in [6.45, 7) is 0. The maximum atomic E-state index is 13.4. The van der Waals surface area contributed by atoms with Crippen LogP contribution in [-0.4, -0.2) is 37.9 Å². The lowest BCUT2D eigenvalue weighted by atomic mass is 10.1. The molecule has 0 fully saturated rings. The summed E-state index contributed by atoms with van der Waals surface area (Å²) in [6.07, 6.45) is 3.23. The Bertz CT molecular complexity index is 1130. The van der Waals surface area contributed by atoms with Crippen molar-refractivity contribution in [1.82, 2.24) is 19.9 Å². The summed E-state index contributed by atoms with van der Waals surface area (Å²) in [7, 11) is 1.50. The van der Waals surface area contributed by atoms with E-state index >= 15 is 0 Å². The molecule has 1 atom stereocenters. The van der Waals surface area contributed by atoms with Crippen LogP contribution in [0.25, 0.3) is 34.0 Å². The molecule has 0 spiro atoms. The molecule has 0 aliphatic carbocycles. The lowest BCUT2D eigenvalue weighted by Crippen LogP contribution is -1.96. The Kier molecular flexibility index (Phi) is 5.28. The van der Waals surface area contributed by atoms with Gasteiger partial charge in [-0.1, -0.05) is 0 Å². The van der Waals surface area contributed by atoms with Gasteiger partial charge in [0.15, 0.2) is 4.90 Å². The number of imidazole rings is 1. The average molecular weight is 408 g/mol. The number of H-pyrrole nitrogens is 1. The summed E-state index contributed by atoms with van der Waals surface area (Å²) >= 11 is -1.06. The number of hydrogen-bond donors (Lipinski definition) is 1. The van der Waals surface area contributed by atoms with E-state index in [4.69, 9.17) is 9.72 Å². The second-order valence-electron chi connectivity index (χ2n) is 6.22. The molecule has 0 bridgehead atoms. The first-order valence-corrected chi connectivity index (χ1v) is 10.3. The van der Waals surface area contributed by atoms with Gasteiger partial charge in [-0.15, -0.1) is 0 Å². The number of halogens is 1. The predicted molar refractivity (Wildman–Crippen MR) is 109 cm³/mol. The molecule has 0 saturated heterocycles. The van der Waals surface area contributed by atoms with Crippen LogP contribution in [0.15, 0.2) is 65.7 Å². The van der Waals surface area contributed by atoms with Gasteiger partial charge in [0.2, 0.25) is 0 Å². The van der Waals surface area contributed by atoms with Gasteiger partial charge in [-0.25, -0.2) is 14.4 Å². The van der Waals surface area contributed by atoms with Crippen LogP contribution in [0.1, 0.15) is 0 Å². The maximum absolute atomic E-state index is 13.4. The van der Waals surface area contributed by atoms with Crippen LogP contribution in [0.2, 0.25) is 0 Å². The van der Waals surface area contributed by atoms with Gasteiger partial charge in [0.25, 0.3) is 0 Å². The van der Waals surface area contributed by atoms with Crippen molar-refractivity contribution in [2.45, 2.75) is 4.90 Å². The van der Waals surface area contributed by atoms with E-state index in [1.807, 2.05) is 12.1 Å². The molecular weight excluding hydrogens is 391 g/mol. The van der Waals surface area contributed by atoms with E-state index in [9.17, 15) is 8.94 Å². The summed E-state index contributed by atoms with van der Waals surface area (Å²) in [6, 6.07) is 15.4. The Labute approximate surface area is 170 Å². The third-order valence-corrected chi connectivity index (χ3v) is 5.29. The first kappa shape index (κ1) is 19.1. The van der Waals surface area contributed by atoms with Crippen molar-refractivity contribution in [2.75, 3.05) is 13.4 Å². The Morgan fingerprint density at radius 3 is 2.31 bits per heavy atom. The molecule has 0 radical (unpaired) electrons. The smallest absolute Gasteiger partial charge is 0.316 e. The van der Waals surface area contributed by atoms with Crippen LogP contribution in [0, 0.1) is 5.82 Å². The molecule has 146 valence electrons. The Morgan fingerprint density at radius 2 is 1.66 bits per heavy atom. The van der Waals surface area contributed by atoms with Crippen LogP contribution < -0.4 is 4.74 Å². The van der Waals surface area contributed by atoms with Crippen molar-refractivity contribution in [1.29, 1.82) is 0 Å². The first-order valence-electron chi connectivity index (χ1n) is 8.72. The van der Waals surface area contributed by atoms with Gasteiger partial charge in [0.1, 0.15) is 17.9 Å². The molecule has 1 unspecified atom stereocenters. The number of rotatable bonds is 5. The number of aromatic nitrogens is 4. The normalized spacial score (nSPS) is 12.0. The molecule has 0 amide bonds. The van der Waals surface area contributed by atoms with Gasteiger partial charge in [-0.3, -0.25) is 0 Å². The molecule has 4 rings (SSSR count). The quantitative estimate of drug-likeness (QED) is 0.503. The zero-order chi connectivity index (χ0) is 20.4. The molecule has 1 N–H and O–H groups in total. The van der Waals surface area contributed by atoms with Gasteiger partial charge in [-0.2, -0.15) is 4.98 Å². The van der Waals surface area contributed by atoms with Gasteiger partial charge >= 0.3 is 6.01 Å². The van der Waals surface area contributed by atoms with Crippen molar-refractivity contribution in [2.24, 2.45) is 0 Å². The average Bonchev–Trinajstić information content (AvgIpc) is 3.20. The molecule has 0 aliphatic rings. The van der Waals surface area contributed by atoms with Gasteiger partial charge < -0.3 is 14.3 Å². The zero-order valence-electron chi connectivity index (χ0n) is 15.7. The Balaban J connectivity index is 1.85. The maximum Gasteiger partial charge on any atom is 0.316 e. The van der Waals surface area contributed by atoms with Crippen LogP contribution in [-0.2, 0) is 11.2 Å². The predicted octanol–water partition coefficient (Wildman–Crippen LogP) is 4.09. The fourth-order valence-electron chi connectivity index (χ4n) is 2.89. The van der Waals surface area contributed by atoms with E-state index < -0.39 is 11.2 Å². The summed E-state index contributed by atoms with van der Waals surface area (Å²) in [4.78, 5) is 17.2. The summed E-state index contributed by atoms with van der Waals surface area (Å²) in [5.74, 6) is 0.295. The van der Waals surface area contributed by atoms with E-state index in [1.165, 1.54) is 19.2 Å². The monoisotopic (exact) mass is 408 g/mol. The van der Waals surface area contributed by atoms with Crippen molar-refractivity contribution in [3.63, 3.8) is 0 Å². The van der Waals surface area contributed by atoms with Crippen molar-refractivity contribution in [3.05, 3.63) is 66.6 Å².